The number of para-hydroxylation sites is 1. The Kier molecular flexibility index (Phi) is 4.39. The van der Waals surface area contributed by atoms with E-state index in [1.165, 1.54) is 0 Å². The number of nitrogens with one attached hydrogen (secondary N) is 2. The van der Waals surface area contributed by atoms with E-state index in [9.17, 15) is 9.59 Å². The Morgan fingerprint density at radius 3 is 2.95 bits per heavy atom. The van der Waals surface area contributed by atoms with Crippen molar-refractivity contribution in [3.8, 4) is 0 Å². The van der Waals surface area contributed by atoms with E-state index in [0.717, 1.165) is 11.3 Å². The zero-order chi connectivity index (χ0) is 13.7. The highest BCUT2D eigenvalue weighted by Crippen LogP contribution is 2.24. The first-order valence-corrected chi connectivity index (χ1v) is 6.48. The molecule has 5 nitrogen and oxygen atoms in total. The van der Waals surface area contributed by atoms with Crippen molar-refractivity contribution >= 4 is 17.6 Å². The normalized spacial score (nSPS) is 16.4. The SMILES string of the molecule is CCOC(=O)CCNC(=O)C1Cc2ccccc2N1. The van der Waals surface area contributed by atoms with Crippen LogP contribution in [0.3, 0.4) is 0 Å². The maximum absolute atomic E-state index is 11.9. The second kappa shape index (κ2) is 6.22. The molecule has 0 aliphatic carbocycles. The fraction of sp³-hybridized carbons (Fsp3) is 0.429. The molecule has 19 heavy (non-hydrogen) atoms. The van der Waals surface area contributed by atoms with Gasteiger partial charge in [0.15, 0.2) is 0 Å². The molecule has 2 rings (SSSR count). The van der Waals surface area contributed by atoms with Crippen LogP contribution < -0.4 is 10.6 Å². The number of esters is 1. The molecule has 5 heteroatoms. The third kappa shape index (κ3) is 3.47. The Bertz CT molecular complexity index is 449. The van der Waals surface area contributed by atoms with Crippen LogP contribution in [0.1, 0.15) is 18.9 Å². The molecular formula is C14H18N2O3. The molecule has 102 valence electrons. The van der Waals surface area contributed by atoms with Gasteiger partial charge in [-0.05, 0) is 18.6 Å². The number of hydrogen-bond acceptors (Lipinski definition) is 4. The number of rotatable bonds is 5. The molecule has 1 atom stereocenters. The van der Waals surface area contributed by atoms with Crippen LogP contribution in [0.15, 0.2) is 24.3 Å². The summed E-state index contributed by atoms with van der Waals surface area (Å²) >= 11 is 0. The van der Waals surface area contributed by atoms with Crippen molar-refractivity contribution in [1.29, 1.82) is 0 Å². The van der Waals surface area contributed by atoms with Crippen LogP contribution in [0.4, 0.5) is 5.69 Å². The molecule has 1 amide bonds. The van der Waals surface area contributed by atoms with Crippen molar-refractivity contribution < 1.29 is 14.3 Å². The van der Waals surface area contributed by atoms with Crippen molar-refractivity contribution in [2.24, 2.45) is 0 Å². The first kappa shape index (κ1) is 13.4. The van der Waals surface area contributed by atoms with Crippen molar-refractivity contribution in [3.63, 3.8) is 0 Å². The van der Waals surface area contributed by atoms with E-state index in [0.29, 0.717) is 19.6 Å². The van der Waals surface area contributed by atoms with Gasteiger partial charge in [-0.2, -0.15) is 0 Å². The fourth-order valence-corrected chi connectivity index (χ4v) is 2.10. The average Bonchev–Trinajstić information content (AvgIpc) is 2.82. The summed E-state index contributed by atoms with van der Waals surface area (Å²) in [6.07, 6.45) is 0.890. The summed E-state index contributed by atoms with van der Waals surface area (Å²) in [4.78, 5) is 23.1. The molecule has 0 bridgehead atoms. The van der Waals surface area contributed by atoms with Gasteiger partial charge in [-0.1, -0.05) is 18.2 Å². The maximum Gasteiger partial charge on any atom is 0.307 e. The smallest absolute Gasteiger partial charge is 0.307 e. The van der Waals surface area contributed by atoms with Gasteiger partial charge < -0.3 is 15.4 Å². The Hall–Kier alpha value is -2.04. The van der Waals surface area contributed by atoms with Crippen molar-refractivity contribution in [2.75, 3.05) is 18.5 Å². The van der Waals surface area contributed by atoms with Gasteiger partial charge in [0.2, 0.25) is 5.91 Å². The number of carbonyl (C=O) groups excluding carboxylic acids is 2. The highest BCUT2D eigenvalue weighted by atomic mass is 16.5. The first-order valence-electron chi connectivity index (χ1n) is 6.48. The molecule has 1 unspecified atom stereocenters. The van der Waals surface area contributed by atoms with E-state index in [1.54, 1.807) is 6.92 Å². The summed E-state index contributed by atoms with van der Waals surface area (Å²) in [5.41, 5.74) is 2.15. The summed E-state index contributed by atoms with van der Waals surface area (Å²) in [7, 11) is 0. The number of fused-ring (bicyclic) bond motifs is 1. The van der Waals surface area contributed by atoms with Crippen LogP contribution >= 0.6 is 0 Å². The predicted molar refractivity (Wildman–Crippen MR) is 71.8 cm³/mol. The molecule has 1 aliphatic heterocycles. The van der Waals surface area contributed by atoms with Crippen LogP contribution in [0, 0.1) is 0 Å². The van der Waals surface area contributed by atoms with Crippen LogP contribution in [-0.2, 0) is 20.7 Å². The third-order valence-corrected chi connectivity index (χ3v) is 3.02. The maximum atomic E-state index is 11.9. The zero-order valence-electron chi connectivity index (χ0n) is 10.9. The van der Waals surface area contributed by atoms with Crippen LogP contribution in [0.25, 0.3) is 0 Å². The van der Waals surface area contributed by atoms with Crippen molar-refractivity contribution in [3.05, 3.63) is 29.8 Å². The molecule has 0 fully saturated rings. The van der Waals surface area contributed by atoms with Crippen LogP contribution in [0.2, 0.25) is 0 Å². The Balaban J connectivity index is 1.76. The van der Waals surface area contributed by atoms with Gasteiger partial charge >= 0.3 is 5.97 Å². The van der Waals surface area contributed by atoms with E-state index in [4.69, 9.17) is 4.74 Å². The minimum absolute atomic E-state index is 0.0829. The molecule has 1 aromatic carbocycles. The fourth-order valence-electron chi connectivity index (χ4n) is 2.10. The number of hydrogen-bond donors (Lipinski definition) is 2. The molecule has 2 N–H and O–H groups in total. The summed E-state index contributed by atoms with van der Waals surface area (Å²) in [5.74, 6) is -0.369. The van der Waals surface area contributed by atoms with Gasteiger partial charge in [-0.3, -0.25) is 9.59 Å². The van der Waals surface area contributed by atoms with Crippen LogP contribution in [-0.4, -0.2) is 31.1 Å². The molecule has 1 heterocycles. The van der Waals surface area contributed by atoms with Gasteiger partial charge in [0.05, 0.1) is 13.0 Å². The van der Waals surface area contributed by atoms with Gasteiger partial charge in [-0.15, -0.1) is 0 Å². The average molecular weight is 262 g/mol. The highest BCUT2D eigenvalue weighted by Gasteiger charge is 2.25. The summed E-state index contributed by atoms with van der Waals surface area (Å²) < 4.78 is 4.79. The molecule has 0 saturated carbocycles. The first-order chi connectivity index (χ1) is 9.20. The van der Waals surface area contributed by atoms with E-state index < -0.39 is 0 Å². The van der Waals surface area contributed by atoms with Gasteiger partial charge in [0, 0.05) is 18.7 Å². The minimum Gasteiger partial charge on any atom is -0.466 e. The molecule has 1 aromatic rings. The summed E-state index contributed by atoms with van der Waals surface area (Å²) in [5, 5.41) is 5.92. The lowest BCUT2D eigenvalue weighted by Crippen LogP contribution is -2.39. The van der Waals surface area contributed by atoms with Gasteiger partial charge in [0.1, 0.15) is 6.04 Å². The lowest BCUT2D eigenvalue weighted by Gasteiger charge is -2.11. The Morgan fingerprint density at radius 2 is 2.21 bits per heavy atom. The topological polar surface area (TPSA) is 67.4 Å². The number of anilines is 1. The highest BCUT2D eigenvalue weighted by molar-refractivity contribution is 5.87. The van der Waals surface area contributed by atoms with Gasteiger partial charge in [0.25, 0.3) is 0 Å². The largest absolute Gasteiger partial charge is 0.466 e. The lowest BCUT2D eigenvalue weighted by atomic mass is 10.1. The summed E-state index contributed by atoms with van der Waals surface area (Å²) in [6.45, 7) is 2.44. The predicted octanol–water partition coefficient (Wildman–Crippen LogP) is 1.09. The second-order valence-electron chi connectivity index (χ2n) is 4.40. The summed E-state index contributed by atoms with van der Waals surface area (Å²) in [6, 6.07) is 7.61. The van der Waals surface area contributed by atoms with E-state index in [2.05, 4.69) is 10.6 Å². The van der Waals surface area contributed by atoms with E-state index in [-0.39, 0.29) is 24.3 Å². The third-order valence-electron chi connectivity index (χ3n) is 3.02. The Morgan fingerprint density at radius 1 is 1.42 bits per heavy atom. The van der Waals surface area contributed by atoms with E-state index >= 15 is 0 Å². The van der Waals surface area contributed by atoms with E-state index in [1.807, 2.05) is 24.3 Å². The number of benzene rings is 1. The second-order valence-corrected chi connectivity index (χ2v) is 4.40. The molecule has 0 aromatic heterocycles. The monoisotopic (exact) mass is 262 g/mol. The lowest BCUT2D eigenvalue weighted by molar-refractivity contribution is -0.143. The Labute approximate surface area is 112 Å². The molecule has 0 saturated heterocycles. The van der Waals surface area contributed by atoms with Crippen molar-refractivity contribution in [1.82, 2.24) is 5.32 Å². The molecular weight excluding hydrogens is 244 g/mol. The molecule has 1 aliphatic rings. The standard InChI is InChI=1S/C14H18N2O3/c1-2-19-13(17)7-8-15-14(18)12-9-10-5-3-4-6-11(10)16-12/h3-6,12,16H,2,7-9H2,1H3,(H,15,18). The zero-order valence-corrected chi connectivity index (χ0v) is 10.9. The van der Waals surface area contributed by atoms with Crippen LogP contribution in [0.5, 0.6) is 0 Å². The molecule has 0 radical (unpaired) electrons. The molecule has 0 spiro atoms. The number of carbonyl (C=O) groups is 2. The minimum atomic E-state index is -0.287. The quantitative estimate of drug-likeness (QED) is 0.780. The van der Waals surface area contributed by atoms with Crippen molar-refractivity contribution in [2.45, 2.75) is 25.8 Å². The van der Waals surface area contributed by atoms with Gasteiger partial charge in [-0.25, -0.2) is 0 Å². The number of ether oxygens (including phenoxy) is 1. The number of amides is 1.